The largest absolute Gasteiger partial charge is 0.405 e. The number of aliphatic hydroxyl groups excluding tert-OH is 2. The van der Waals surface area contributed by atoms with Gasteiger partial charge in [-0.3, -0.25) is 0 Å². The Bertz CT molecular complexity index is 1130. The van der Waals surface area contributed by atoms with Gasteiger partial charge in [-0.2, -0.15) is 4.39 Å². The predicted octanol–water partition coefficient (Wildman–Crippen LogP) is 3.71. The summed E-state index contributed by atoms with van der Waals surface area (Å²) in [5, 5.41) is 24.3. The highest BCUT2D eigenvalue weighted by Gasteiger charge is 2.53. The van der Waals surface area contributed by atoms with E-state index in [2.05, 4.69) is 50.0 Å². The van der Waals surface area contributed by atoms with Gasteiger partial charge in [0.2, 0.25) is 5.95 Å². The SMILES string of the molecule is CC1(C)O[C@H]([C@H](O)CO[Si](c2ccccc2)(c2ccccc2)C(C)(C)C)[C@H](C(O)c2cccnc2F)O1. The van der Waals surface area contributed by atoms with Crippen LogP contribution in [-0.2, 0) is 13.9 Å². The average molecular weight is 526 g/mol. The van der Waals surface area contributed by atoms with Crippen LogP contribution in [-0.4, -0.2) is 54.2 Å². The van der Waals surface area contributed by atoms with Crippen molar-refractivity contribution in [1.82, 2.24) is 4.98 Å². The standard InChI is InChI=1S/C29H36FNO5Si/c1-28(2,3)37(20-13-8-6-9-14-20,21-15-10-7-11-16-21)34-19-23(32)25-26(36-29(4,5)35-25)24(33)22-17-12-18-31-27(22)30/h6-18,23-26,32-33H,19H2,1-5H3/t23-,24?,25-,26+/m1/s1. The Kier molecular flexibility index (Phi) is 7.99. The molecule has 8 heteroatoms. The molecule has 1 saturated heterocycles. The van der Waals surface area contributed by atoms with Crippen LogP contribution >= 0.6 is 0 Å². The molecule has 1 aliphatic heterocycles. The lowest BCUT2D eigenvalue weighted by Gasteiger charge is -2.43. The van der Waals surface area contributed by atoms with E-state index < -0.39 is 44.5 Å². The molecule has 0 amide bonds. The van der Waals surface area contributed by atoms with Crippen molar-refractivity contribution >= 4 is 18.7 Å². The fourth-order valence-corrected chi connectivity index (χ4v) is 9.80. The number of halogens is 1. The number of aliphatic hydroxyl groups is 2. The lowest BCUT2D eigenvalue weighted by Crippen LogP contribution is -2.67. The summed E-state index contributed by atoms with van der Waals surface area (Å²) >= 11 is 0. The molecule has 3 aromatic rings. The Morgan fingerprint density at radius 2 is 1.46 bits per heavy atom. The third kappa shape index (κ3) is 5.55. The molecule has 6 nitrogen and oxygen atoms in total. The van der Waals surface area contributed by atoms with Crippen molar-refractivity contribution in [2.45, 2.75) is 69.9 Å². The monoisotopic (exact) mass is 525 g/mol. The lowest BCUT2D eigenvalue weighted by atomic mass is 9.98. The first-order chi connectivity index (χ1) is 17.5. The van der Waals surface area contributed by atoms with Crippen molar-refractivity contribution in [3.05, 3.63) is 90.5 Å². The van der Waals surface area contributed by atoms with Gasteiger partial charge in [-0.05, 0) is 35.3 Å². The van der Waals surface area contributed by atoms with Crippen LogP contribution in [0.3, 0.4) is 0 Å². The highest BCUT2D eigenvalue weighted by atomic mass is 28.4. The quantitative estimate of drug-likeness (QED) is 0.345. The Balaban J connectivity index is 1.67. The molecule has 2 N–H and O–H groups in total. The Morgan fingerprint density at radius 1 is 0.919 bits per heavy atom. The van der Waals surface area contributed by atoms with Crippen LogP contribution in [0.5, 0.6) is 0 Å². The summed E-state index contributed by atoms with van der Waals surface area (Å²) in [7, 11) is -2.91. The first-order valence-corrected chi connectivity index (χ1v) is 14.4. The zero-order valence-corrected chi connectivity index (χ0v) is 23.0. The van der Waals surface area contributed by atoms with Crippen molar-refractivity contribution in [2.75, 3.05) is 6.61 Å². The minimum absolute atomic E-state index is 0.0149. The molecule has 1 unspecified atom stereocenters. The summed E-state index contributed by atoms with van der Waals surface area (Å²) in [6.07, 6.45) is -3.20. The van der Waals surface area contributed by atoms with Gasteiger partial charge in [0.25, 0.3) is 8.32 Å². The lowest BCUT2D eigenvalue weighted by molar-refractivity contribution is -0.162. The van der Waals surface area contributed by atoms with Gasteiger partial charge in [-0.15, -0.1) is 0 Å². The van der Waals surface area contributed by atoms with E-state index in [9.17, 15) is 14.6 Å². The van der Waals surface area contributed by atoms with E-state index in [1.807, 2.05) is 36.4 Å². The highest BCUT2D eigenvalue weighted by Crippen LogP contribution is 2.39. The maximum atomic E-state index is 14.4. The van der Waals surface area contributed by atoms with Gasteiger partial charge in [0.15, 0.2) is 5.79 Å². The average Bonchev–Trinajstić information content (AvgIpc) is 3.20. The fraction of sp³-hybridized carbons (Fsp3) is 0.414. The first kappa shape index (κ1) is 27.6. The third-order valence-corrected chi connectivity index (χ3v) is 11.9. The maximum Gasteiger partial charge on any atom is 0.261 e. The molecule has 0 saturated carbocycles. The number of nitrogens with zero attached hydrogens (tertiary/aromatic N) is 1. The van der Waals surface area contributed by atoms with Crippen LogP contribution in [0.2, 0.25) is 5.04 Å². The second-order valence-corrected chi connectivity index (χ2v) is 15.2. The van der Waals surface area contributed by atoms with Crippen LogP contribution in [0.4, 0.5) is 4.39 Å². The molecule has 2 aromatic carbocycles. The molecule has 1 aromatic heterocycles. The van der Waals surface area contributed by atoms with Crippen molar-refractivity contribution in [3.63, 3.8) is 0 Å². The van der Waals surface area contributed by atoms with E-state index in [0.29, 0.717) is 0 Å². The van der Waals surface area contributed by atoms with Crippen molar-refractivity contribution in [3.8, 4) is 0 Å². The van der Waals surface area contributed by atoms with E-state index in [-0.39, 0.29) is 17.2 Å². The van der Waals surface area contributed by atoms with Crippen LogP contribution in [0.1, 0.15) is 46.3 Å². The second-order valence-electron chi connectivity index (χ2n) is 10.9. The molecule has 198 valence electrons. The zero-order chi connectivity index (χ0) is 26.8. The molecule has 4 atom stereocenters. The predicted molar refractivity (Wildman–Crippen MR) is 143 cm³/mol. The van der Waals surface area contributed by atoms with E-state index in [0.717, 1.165) is 10.4 Å². The molecular weight excluding hydrogens is 489 g/mol. The van der Waals surface area contributed by atoms with Gasteiger partial charge in [-0.25, -0.2) is 4.98 Å². The molecule has 2 heterocycles. The molecule has 0 spiro atoms. The number of benzene rings is 2. The van der Waals surface area contributed by atoms with Crippen LogP contribution in [0.25, 0.3) is 0 Å². The number of rotatable bonds is 8. The van der Waals surface area contributed by atoms with Gasteiger partial charge in [0, 0.05) is 11.8 Å². The van der Waals surface area contributed by atoms with Crippen LogP contribution in [0, 0.1) is 5.95 Å². The summed E-state index contributed by atoms with van der Waals surface area (Å²) < 4.78 is 33.2. The summed E-state index contributed by atoms with van der Waals surface area (Å²) in [6.45, 7) is 9.80. The maximum absolute atomic E-state index is 14.4. The molecule has 37 heavy (non-hydrogen) atoms. The molecule has 1 fully saturated rings. The van der Waals surface area contributed by atoms with Gasteiger partial charge in [0.1, 0.15) is 24.4 Å². The minimum Gasteiger partial charge on any atom is -0.405 e. The molecule has 0 aliphatic carbocycles. The van der Waals surface area contributed by atoms with E-state index >= 15 is 0 Å². The molecular formula is C29H36FNO5Si. The fourth-order valence-electron chi connectivity index (χ4n) is 5.22. The molecule has 1 aliphatic rings. The van der Waals surface area contributed by atoms with Gasteiger partial charge < -0.3 is 24.1 Å². The summed E-state index contributed by atoms with van der Waals surface area (Å²) in [5.41, 5.74) is -0.0149. The van der Waals surface area contributed by atoms with Gasteiger partial charge in [-0.1, -0.05) is 87.5 Å². The Morgan fingerprint density at radius 3 is 1.97 bits per heavy atom. The summed E-state index contributed by atoms with van der Waals surface area (Å²) in [4.78, 5) is 3.64. The first-order valence-electron chi connectivity index (χ1n) is 12.5. The number of hydrogen-bond donors (Lipinski definition) is 2. The second kappa shape index (κ2) is 10.7. The van der Waals surface area contributed by atoms with Crippen LogP contribution in [0.15, 0.2) is 79.0 Å². The summed E-state index contributed by atoms with van der Waals surface area (Å²) in [5.74, 6) is -1.88. The van der Waals surface area contributed by atoms with E-state index in [1.165, 1.54) is 12.3 Å². The minimum atomic E-state index is -2.91. The van der Waals surface area contributed by atoms with Gasteiger partial charge >= 0.3 is 0 Å². The van der Waals surface area contributed by atoms with Crippen molar-refractivity contribution in [2.24, 2.45) is 0 Å². The van der Waals surface area contributed by atoms with Gasteiger partial charge in [0.05, 0.1) is 6.61 Å². The number of aromatic nitrogens is 1. The number of ether oxygens (including phenoxy) is 2. The Hall–Kier alpha value is -2.46. The Labute approximate surface area is 219 Å². The molecule has 4 rings (SSSR count). The highest BCUT2D eigenvalue weighted by molar-refractivity contribution is 6.99. The zero-order valence-electron chi connectivity index (χ0n) is 22.0. The van der Waals surface area contributed by atoms with Crippen molar-refractivity contribution in [1.29, 1.82) is 0 Å². The topological polar surface area (TPSA) is 81.0 Å². The van der Waals surface area contributed by atoms with E-state index in [4.69, 9.17) is 13.9 Å². The van der Waals surface area contributed by atoms with E-state index in [1.54, 1.807) is 19.9 Å². The molecule has 0 bridgehead atoms. The van der Waals surface area contributed by atoms with Crippen molar-refractivity contribution < 1.29 is 28.5 Å². The third-order valence-electron chi connectivity index (χ3n) is 6.85. The smallest absolute Gasteiger partial charge is 0.261 e. The summed E-state index contributed by atoms with van der Waals surface area (Å²) in [6, 6.07) is 23.2. The molecule has 0 radical (unpaired) electrons. The number of pyridine rings is 1. The normalized spacial score (nSPS) is 21.5. The van der Waals surface area contributed by atoms with Crippen LogP contribution < -0.4 is 10.4 Å². The number of hydrogen-bond acceptors (Lipinski definition) is 6.